The van der Waals surface area contributed by atoms with E-state index in [0.29, 0.717) is 13.1 Å². The van der Waals surface area contributed by atoms with Crippen molar-refractivity contribution in [2.24, 2.45) is 7.05 Å². The fourth-order valence-electron chi connectivity index (χ4n) is 1.75. The van der Waals surface area contributed by atoms with Crippen molar-refractivity contribution < 1.29 is 14.7 Å². The van der Waals surface area contributed by atoms with Gasteiger partial charge in [0.15, 0.2) is 0 Å². The van der Waals surface area contributed by atoms with Crippen LogP contribution in [0.1, 0.15) is 19.2 Å². The Labute approximate surface area is 112 Å². The van der Waals surface area contributed by atoms with Gasteiger partial charge in [-0.3, -0.25) is 4.79 Å². The zero-order valence-corrected chi connectivity index (χ0v) is 11.5. The van der Waals surface area contributed by atoms with Gasteiger partial charge in [-0.25, -0.2) is 9.78 Å². The average molecular weight is 268 g/mol. The number of carboxylic acids is 1. The second-order valence-corrected chi connectivity index (χ2v) is 4.41. The van der Waals surface area contributed by atoms with Crippen LogP contribution in [0.5, 0.6) is 0 Å². The van der Waals surface area contributed by atoms with E-state index in [2.05, 4.69) is 4.98 Å². The zero-order valence-electron chi connectivity index (χ0n) is 11.5. The highest BCUT2D eigenvalue weighted by molar-refractivity contribution is 5.79. The van der Waals surface area contributed by atoms with Crippen LogP contribution in [0, 0.1) is 0 Å². The Hall–Kier alpha value is -2.05. The van der Waals surface area contributed by atoms with Crippen molar-refractivity contribution in [2.45, 2.75) is 19.9 Å². The van der Waals surface area contributed by atoms with E-state index in [9.17, 15) is 9.59 Å². The van der Waals surface area contributed by atoms with Crippen molar-refractivity contribution >= 4 is 12.0 Å². The summed E-state index contributed by atoms with van der Waals surface area (Å²) in [7, 11) is 3.49. The molecule has 1 heterocycles. The molecule has 0 aromatic carbocycles. The highest BCUT2D eigenvalue weighted by Crippen LogP contribution is 2.04. The Morgan fingerprint density at radius 2 is 2.16 bits per heavy atom. The lowest BCUT2D eigenvalue weighted by Gasteiger charge is -2.26. The largest absolute Gasteiger partial charge is 0.480 e. The number of aryl methyl sites for hydroxylation is 1. The maximum Gasteiger partial charge on any atom is 0.323 e. The minimum Gasteiger partial charge on any atom is -0.480 e. The maximum atomic E-state index is 12.2. The molecule has 1 N–H and O–H groups in total. The highest BCUT2D eigenvalue weighted by Gasteiger charge is 2.20. The molecule has 0 atom stereocenters. The molecule has 0 spiro atoms. The van der Waals surface area contributed by atoms with Crippen LogP contribution >= 0.6 is 0 Å². The third kappa shape index (κ3) is 4.27. The normalized spacial score (nSPS) is 10.3. The van der Waals surface area contributed by atoms with E-state index in [-0.39, 0.29) is 12.6 Å². The number of hydrogen-bond donors (Lipinski definition) is 1. The van der Waals surface area contributed by atoms with Gasteiger partial charge in [0.25, 0.3) is 0 Å². The van der Waals surface area contributed by atoms with Crippen molar-refractivity contribution in [3.05, 3.63) is 18.2 Å². The first-order valence-corrected chi connectivity index (χ1v) is 6.13. The molecule has 7 heteroatoms. The lowest BCUT2D eigenvalue weighted by molar-refractivity contribution is -0.137. The molecule has 7 nitrogen and oxygen atoms in total. The van der Waals surface area contributed by atoms with Crippen molar-refractivity contribution in [1.82, 2.24) is 19.4 Å². The number of carbonyl (C=O) groups is 2. The molecule has 0 aliphatic heterocycles. The Morgan fingerprint density at radius 3 is 2.63 bits per heavy atom. The van der Waals surface area contributed by atoms with Crippen LogP contribution in [0.2, 0.25) is 0 Å². The SMILES string of the molecule is CCCN(CC(=O)O)C(=O)N(C)Cc1nccn1C. The highest BCUT2D eigenvalue weighted by atomic mass is 16.4. The minimum absolute atomic E-state index is 0.280. The molecule has 0 fully saturated rings. The number of aromatic nitrogens is 2. The molecule has 0 aliphatic carbocycles. The van der Waals surface area contributed by atoms with Crippen LogP contribution in [0.4, 0.5) is 4.79 Å². The molecule has 0 unspecified atom stereocenters. The monoisotopic (exact) mass is 268 g/mol. The number of carbonyl (C=O) groups excluding carboxylic acids is 1. The van der Waals surface area contributed by atoms with E-state index in [1.807, 2.05) is 18.5 Å². The molecule has 0 bridgehead atoms. The summed E-state index contributed by atoms with van der Waals surface area (Å²) < 4.78 is 1.82. The number of hydrogen-bond acceptors (Lipinski definition) is 3. The van der Waals surface area contributed by atoms with Crippen molar-refractivity contribution in [3.63, 3.8) is 0 Å². The summed E-state index contributed by atoms with van der Waals surface area (Å²) in [5.74, 6) is -0.255. The first-order valence-electron chi connectivity index (χ1n) is 6.13. The maximum absolute atomic E-state index is 12.2. The zero-order chi connectivity index (χ0) is 14.4. The van der Waals surface area contributed by atoms with Gasteiger partial charge in [-0.2, -0.15) is 0 Å². The van der Waals surface area contributed by atoms with Gasteiger partial charge in [-0.1, -0.05) is 6.92 Å². The second kappa shape index (κ2) is 6.77. The number of imidazole rings is 1. The summed E-state index contributed by atoms with van der Waals surface area (Å²) in [5, 5.41) is 8.81. The lowest BCUT2D eigenvalue weighted by atomic mass is 10.4. The standard InChI is InChI=1S/C12H20N4O3/c1-4-6-16(9-11(17)18)12(19)15(3)8-10-13-5-7-14(10)2/h5,7H,4,6,8-9H2,1-3H3,(H,17,18). The van der Waals surface area contributed by atoms with Crippen LogP contribution in [0.15, 0.2) is 12.4 Å². The molecule has 0 saturated carbocycles. The van der Waals surface area contributed by atoms with E-state index in [1.165, 1.54) is 9.80 Å². The Bertz CT molecular complexity index is 444. The van der Waals surface area contributed by atoms with E-state index in [1.54, 1.807) is 19.4 Å². The van der Waals surface area contributed by atoms with Gasteiger partial charge >= 0.3 is 12.0 Å². The second-order valence-electron chi connectivity index (χ2n) is 4.41. The Kier molecular flexibility index (Phi) is 5.35. The van der Waals surface area contributed by atoms with Crippen LogP contribution in [0.3, 0.4) is 0 Å². The fraction of sp³-hybridized carbons (Fsp3) is 0.583. The molecule has 106 valence electrons. The summed E-state index contributed by atoms with van der Waals surface area (Å²) in [4.78, 5) is 29.8. The first-order chi connectivity index (χ1) is 8.95. The number of nitrogens with zero attached hydrogens (tertiary/aromatic N) is 4. The lowest BCUT2D eigenvalue weighted by Crippen LogP contribution is -2.44. The summed E-state index contributed by atoms with van der Waals surface area (Å²) in [6, 6.07) is -0.299. The third-order valence-corrected chi connectivity index (χ3v) is 2.72. The number of amides is 2. The number of aliphatic carboxylic acids is 1. The smallest absolute Gasteiger partial charge is 0.323 e. The molecule has 1 rings (SSSR count). The number of urea groups is 1. The predicted molar refractivity (Wildman–Crippen MR) is 69.6 cm³/mol. The molecule has 1 aromatic heterocycles. The molecular formula is C12H20N4O3. The van der Waals surface area contributed by atoms with Crippen molar-refractivity contribution in [2.75, 3.05) is 20.1 Å². The molecular weight excluding hydrogens is 248 g/mol. The molecule has 0 radical (unpaired) electrons. The molecule has 1 aromatic rings. The van der Waals surface area contributed by atoms with Gasteiger partial charge in [-0.05, 0) is 6.42 Å². The summed E-state index contributed by atoms with van der Waals surface area (Å²) >= 11 is 0. The summed E-state index contributed by atoms with van der Waals surface area (Å²) in [6.07, 6.45) is 4.18. The topological polar surface area (TPSA) is 78.7 Å². The third-order valence-electron chi connectivity index (χ3n) is 2.72. The van der Waals surface area contributed by atoms with Crippen LogP contribution in [0.25, 0.3) is 0 Å². The molecule has 0 saturated heterocycles. The van der Waals surface area contributed by atoms with E-state index < -0.39 is 5.97 Å². The Balaban J connectivity index is 2.67. The van der Waals surface area contributed by atoms with Crippen LogP contribution < -0.4 is 0 Å². The quantitative estimate of drug-likeness (QED) is 0.826. The van der Waals surface area contributed by atoms with Gasteiger partial charge < -0.3 is 19.5 Å². The average Bonchev–Trinajstić information content (AvgIpc) is 2.73. The van der Waals surface area contributed by atoms with Gasteiger partial charge in [0.1, 0.15) is 12.4 Å². The van der Waals surface area contributed by atoms with Gasteiger partial charge in [0.2, 0.25) is 0 Å². The van der Waals surface area contributed by atoms with Gasteiger partial charge in [-0.15, -0.1) is 0 Å². The summed E-state index contributed by atoms with van der Waals surface area (Å²) in [6.45, 7) is 2.40. The van der Waals surface area contributed by atoms with E-state index in [0.717, 1.165) is 12.2 Å². The predicted octanol–water partition coefficient (Wildman–Crippen LogP) is 0.768. The first kappa shape index (κ1) is 15.0. The van der Waals surface area contributed by atoms with Crippen LogP contribution in [-0.2, 0) is 18.4 Å². The number of carboxylic acid groups (broad SMARTS) is 1. The van der Waals surface area contributed by atoms with Gasteiger partial charge in [0, 0.05) is 33.0 Å². The number of rotatable bonds is 6. The molecule has 19 heavy (non-hydrogen) atoms. The van der Waals surface area contributed by atoms with Crippen molar-refractivity contribution in [3.8, 4) is 0 Å². The molecule has 2 amide bonds. The minimum atomic E-state index is -1.01. The van der Waals surface area contributed by atoms with Gasteiger partial charge in [0.05, 0.1) is 6.54 Å². The summed E-state index contributed by atoms with van der Waals surface area (Å²) in [5.41, 5.74) is 0. The fourth-order valence-corrected chi connectivity index (χ4v) is 1.75. The molecule has 0 aliphatic rings. The van der Waals surface area contributed by atoms with Crippen LogP contribution in [-0.4, -0.2) is 56.6 Å². The van der Waals surface area contributed by atoms with Crippen molar-refractivity contribution in [1.29, 1.82) is 0 Å². The Morgan fingerprint density at radius 1 is 1.47 bits per heavy atom. The van der Waals surface area contributed by atoms with E-state index in [4.69, 9.17) is 5.11 Å². The van der Waals surface area contributed by atoms with E-state index >= 15 is 0 Å².